The van der Waals surface area contributed by atoms with Gasteiger partial charge in [0.15, 0.2) is 5.82 Å². The summed E-state index contributed by atoms with van der Waals surface area (Å²) in [6, 6.07) is 62.4. The van der Waals surface area contributed by atoms with Crippen molar-refractivity contribution in [2.24, 2.45) is 23.7 Å². The van der Waals surface area contributed by atoms with Crippen LogP contribution in [0.4, 0.5) is 0 Å². The van der Waals surface area contributed by atoms with Crippen molar-refractivity contribution in [2.75, 3.05) is 0 Å². The third kappa shape index (κ3) is 4.81. The lowest BCUT2D eigenvalue weighted by molar-refractivity contribution is -0.0398. The van der Waals surface area contributed by atoms with Gasteiger partial charge >= 0.3 is 0 Å². The molecule has 1 spiro atoms. The molecule has 5 aliphatic rings. The first-order valence-corrected chi connectivity index (χ1v) is 20.6. The Morgan fingerprint density at radius 2 is 0.946 bits per heavy atom. The van der Waals surface area contributed by atoms with E-state index in [0.29, 0.717) is 0 Å². The molecule has 2 nitrogen and oxygen atoms in total. The molecule has 1 heterocycles. The number of hydrogen-bond donors (Lipinski definition) is 0. The minimum atomic E-state index is 0.105. The van der Waals surface area contributed by atoms with Crippen LogP contribution in [0.1, 0.15) is 43.2 Å². The lowest BCUT2D eigenvalue weighted by atomic mass is 9.43. The van der Waals surface area contributed by atoms with Crippen LogP contribution in [0.3, 0.4) is 0 Å². The van der Waals surface area contributed by atoms with Crippen molar-refractivity contribution >= 4 is 10.8 Å². The van der Waals surface area contributed by atoms with E-state index in [9.17, 15) is 0 Å². The van der Waals surface area contributed by atoms with Crippen molar-refractivity contribution in [1.82, 2.24) is 9.97 Å². The smallest absolute Gasteiger partial charge is 0.160 e. The first kappa shape index (κ1) is 32.2. The molecule has 4 bridgehead atoms. The lowest BCUT2D eigenvalue weighted by Gasteiger charge is -2.61. The molecular formula is C54H42N2. The number of rotatable bonds is 5. The normalized spacial score (nSPS) is 22.7. The minimum absolute atomic E-state index is 0.105. The van der Waals surface area contributed by atoms with E-state index in [1.165, 1.54) is 70.7 Å². The van der Waals surface area contributed by atoms with Gasteiger partial charge in [-0.2, -0.15) is 0 Å². The quantitative estimate of drug-likeness (QED) is 0.177. The molecule has 5 aliphatic carbocycles. The third-order valence-electron chi connectivity index (χ3n) is 14.1. The Bertz CT molecular complexity index is 2790. The highest BCUT2D eigenvalue weighted by molar-refractivity contribution is 5.99. The fraction of sp³-hybridized carbons (Fsp3) is 0.185. The second kappa shape index (κ2) is 12.4. The Kier molecular flexibility index (Phi) is 7.15. The standard InChI is InChI=1S/C54H42N2/c1-3-13-36(14-4-1)44-21-9-10-22-46(44)51-33-50(55-53(56-51)37-15-5-2-6-16-37)41-20-11-19-40(30-41)45-23-12-24-48-52(45)47-31-38-17-7-8-18-39(38)32-49(47)54(48)42-26-34-25-35(28-42)29-43(54)27-34/h1-24,30-35,42-43H,25-29H2. The van der Waals surface area contributed by atoms with Crippen molar-refractivity contribution in [2.45, 2.75) is 37.5 Å². The Morgan fingerprint density at radius 3 is 1.70 bits per heavy atom. The van der Waals surface area contributed by atoms with E-state index in [1.807, 2.05) is 0 Å². The molecule has 4 saturated carbocycles. The van der Waals surface area contributed by atoms with Gasteiger partial charge in [0.1, 0.15) is 0 Å². The van der Waals surface area contributed by atoms with E-state index in [2.05, 4.69) is 170 Å². The summed E-state index contributed by atoms with van der Waals surface area (Å²) < 4.78 is 0. The van der Waals surface area contributed by atoms with Gasteiger partial charge in [0.05, 0.1) is 11.4 Å². The number of benzene rings is 7. The van der Waals surface area contributed by atoms with Crippen LogP contribution in [-0.2, 0) is 5.41 Å². The van der Waals surface area contributed by atoms with Crippen LogP contribution in [0.5, 0.6) is 0 Å². The van der Waals surface area contributed by atoms with Gasteiger partial charge in [-0.05, 0) is 135 Å². The van der Waals surface area contributed by atoms with E-state index < -0.39 is 0 Å². The zero-order chi connectivity index (χ0) is 36.8. The second-order valence-corrected chi connectivity index (χ2v) is 17.0. The summed E-state index contributed by atoms with van der Waals surface area (Å²) in [5.41, 5.74) is 16.2. The van der Waals surface area contributed by atoms with Gasteiger partial charge in [0.25, 0.3) is 0 Å². The largest absolute Gasteiger partial charge is 0.228 e. The Labute approximate surface area is 329 Å². The maximum atomic E-state index is 5.29. The molecule has 268 valence electrons. The summed E-state index contributed by atoms with van der Waals surface area (Å²) in [6.07, 6.45) is 6.98. The molecule has 0 N–H and O–H groups in total. The van der Waals surface area contributed by atoms with Crippen LogP contribution in [0.2, 0.25) is 0 Å². The first-order valence-electron chi connectivity index (χ1n) is 20.6. The topological polar surface area (TPSA) is 25.8 Å². The van der Waals surface area contributed by atoms with Gasteiger partial charge in [0.2, 0.25) is 0 Å². The molecule has 13 rings (SSSR count). The predicted octanol–water partition coefficient (Wildman–Crippen LogP) is 13.7. The zero-order valence-electron chi connectivity index (χ0n) is 31.4. The monoisotopic (exact) mass is 718 g/mol. The molecule has 1 aromatic heterocycles. The Morgan fingerprint density at radius 1 is 0.375 bits per heavy atom. The summed E-state index contributed by atoms with van der Waals surface area (Å²) in [5.74, 6) is 3.99. The molecule has 0 radical (unpaired) electrons. The average Bonchev–Trinajstić information content (AvgIpc) is 3.54. The van der Waals surface area contributed by atoms with Crippen molar-refractivity contribution in [3.63, 3.8) is 0 Å². The summed E-state index contributed by atoms with van der Waals surface area (Å²) in [7, 11) is 0. The van der Waals surface area contributed by atoms with Crippen LogP contribution in [0.15, 0.2) is 170 Å². The summed E-state index contributed by atoms with van der Waals surface area (Å²) in [4.78, 5) is 10.5. The number of hydrogen-bond acceptors (Lipinski definition) is 2. The van der Waals surface area contributed by atoms with E-state index >= 15 is 0 Å². The van der Waals surface area contributed by atoms with Crippen LogP contribution in [0, 0.1) is 23.7 Å². The molecule has 0 unspecified atom stereocenters. The summed E-state index contributed by atoms with van der Waals surface area (Å²) in [5, 5.41) is 2.71. The predicted molar refractivity (Wildman–Crippen MR) is 230 cm³/mol. The molecular weight excluding hydrogens is 677 g/mol. The highest BCUT2D eigenvalue weighted by Crippen LogP contribution is 2.70. The van der Waals surface area contributed by atoms with E-state index in [4.69, 9.17) is 9.97 Å². The first-order chi connectivity index (χ1) is 27.7. The van der Waals surface area contributed by atoms with Gasteiger partial charge < -0.3 is 0 Å². The SMILES string of the molecule is c1ccc(-c2nc(-c3cccc(-c4cccc5c4-c4cc6ccccc6cc4C54C5CC6CC(C5)CC4C6)c3)cc(-c3ccccc3-c3ccccc3)n2)cc1. The molecule has 2 heteroatoms. The average molecular weight is 719 g/mol. The van der Waals surface area contributed by atoms with Crippen molar-refractivity contribution in [3.8, 4) is 67.3 Å². The molecule has 7 aromatic carbocycles. The maximum Gasteiger partial charge on any atom is 0.160 e. The van der Waals surface area contributed by atoms with Crippen LogP contribution >= 0.6 is 0 Å². The molecule has 0 aliphatic heterocycles. The van der Waals surface area contributed by atoms with Crippen molar-refractivity contribution < 1.29 is 0 Å². The molecule has 0 saturated heterocycles. The van der Waals surface area contributed by atoms with Gasteiger partial charge in [-0.25, -0.2) is 9.97 Å². The highest BCUT2D eigenvalue weighted by atomic mass is 14.9. The maximum absolute atomic E-state index is 5.29. The van der Waals surface area contributed by atoms with Crippen LogP contribution in [-0.4, -0.2) is 9.97 Å². The molecule has 0 amide bonds. The van der Waals surface area contributed by atoms with Crippen molar-refractivity contribution in [1.29, 1.82) is 0 Å². The number of fused-ring (bicyclic) bond motifs is 4. The summed E-state index contributed by atoms with van der Waals surface area (Å²) in [6.45, 7) is 0. The molecule has 0 atom stereocenters. The van der Waals surface area contributed by atoms with Crippen LogP contribution in [0.25, 0.3) is 78.1 Å². The molecule has 4 fully saturated rings. The highest BCUT2D eigenvalue weighted by Gasteiger charge is 2.61. The van der Waals surface area contributed by atoms with Gasteiger partial charge in [-0.3, -0.25) is 0 Å². The number of nitrogens with zero attached hydrogens (tertiary/aromatic N) is 2. The van der Waals surface area contributed by atoms with Gasteiger partial charge in [-0.1, -0.05) is 146 Å². The third-order valence-corrected chi connectivity index (χ3v) is 14.1. The van der Waals surface area contributed by atoms with Crippen LogP contribution < -0.4 is 0 Å². The lowest BCUT2D eigenvalue weighted by Crippen LogP contribution is -2.55. The fourth-order valence-electron chi connectivity index (χ4n) is 12.0. The Balaban J connectivity index is 1.04. The Hall–Kier alpha value is -6.12. The summed E-state index contributed by atoms with van der Waals surface area (Å²) >= 11 is 0. The zero-order valence-corrected chi connectivity index (χ0v) is 31.4. The van der Waals surface area contributed by atoms with E-state index in [-0.39, 0.29) is 5.41 Å². The van der Waals surface area contributed by atoms with Gasteiger partial charge in [0, 0.05) is 22.1 Å². The molecule has 8 aromatic rings. The van der Waals surface area contributed by atoms with Gasteiger partial charge in [-0.15, -0.1) is 0 Å². The van der Waals surface area contributed by atoms with E-state index in [1.54, 1.807) is 11.1 Å². The minimum Gasteiger partial charge on any atom is -0.228 e. The van der Waals surface area contributed by atoms with E-state index in [0.717, 1.165) is 63.1 Å². The number of aromatic nitrogens is 2. The molecule has 56 heavy (non-hydrogen) atoms. The second-order valence-electron chi connectivity index (χ2n) is 17.0. The fourth-order valence-corrected chi connectivity index (χ4v) is 12.0. The van der Waals surface area contributed by atoms with Crippen molar-refractivity contribution in [3.05, 3.63) is 181 Å².